The van der Waals surface area contributed by atoms with Crippen LogP contribution >= 0.6 is 0 Å². The maximum Gasteiger partial charge on any atom is 0.405 e. The molecule has 1 aliphatic carbocycles. The third-order valence-corrected chi connectivity index (χ3v) is 5.53. The predicted molar refractivity (Wildman–Crippen MR) is 120 cm³/mol. The summed E-state index contributed by atoms with van der Waals surface area (Å²) in [5.41, 5.74) is 1.99. The second-order valence-electron chi connectivity index (χ2n) is 7.64. The summed E-state index contributed by atoms with van der Waals surface area (Å²) in [4.78, 5) is 31.8. The van der Waals surface area contributed by atoms with Gasteiger partial charge in [-0.3, -0.25) is 9.59 Å². The van der Waals surface area contributed by atoms with E-state index in [1.165, 1.54) is 24.8 Å². The molecule has 1 fully saturated rings. The quantitative estimate of drug-likeness (QED) is 0.519. The van der Waals surface area contributed by atoms with Crippen LogP contribution in [0.4, 0.5) is 4.79 Å². The van der Waals surface area contributed by atoms with E-state index in [1.807, 2.05) is 30.3 Å². The summed E-state index contributed by atoms with van der Waals surface area (Å²) in [5, 5.41) is 20.5. The molecule has 32 heavy (non-hydrogen) atoms. The Morgan fingerprint density at radius 2 is 1.53 bits per heavy atom. The number of rotatable bonds is 7. The first-order valence-electron chi connectivity index (χ1n) is 10.5. The maximum atomic E-state index is 12.6. The van der Waals surface area contributed by atoms with Gasteiger partial charge in [-0.2, -0.15) is 0 Å². The summed E-state index contributed by atoms with van der Waals surface area (Å²) in [5.74, 6) is -0.631. The second-order valence-corrected chi connectivity index (χ2v) is 7.64. The number of ether oxygens (including phenoxy) is 1. The van der Waals surface area contributed by atoms with Crippen LogP contribution in [0, 0.1) is 0 Å². The van der Waals surface area contributed by atoms with Gasteiger partial charge in [-0.05, 0) is 30.5 Å². The third kappa shape index (κ3) is 7.30. The Morgan fingerprint density at radius 1 is 0.906 bits per heavy atom. The van der Waals surface area contributed by atoms with Crippen molar-refractivity contribution in [2.45, 2.75) is 37.5 Å². The summed E-state index contributed by atoms with van der Waals surface area (Å²) in [6.45, 7) is 0.128. The second kappa shape index (κ2) is 12.3. The largest absolute Gasteiger partial charge is 0.496 e. The van der Waals surface area contributed by atoms with E-state index in [0.717, 1.165) is 12.8 Å². The molecule has 2 amide bonds. The van der Waals surface area contributed by atoms with E-state index >= 15 is 0 Å². The molecule has 0 atom stereocenters. The molecule has 172 valence electrons. The van der Waals surface area contributed by atoms with Gasteiger partial charge in [0, 0.05) is 12.0 Å². The average Bonchev–Trinajstić information content (AvgIpc) is 2.82. The Bertz CT molecular complexity index is 880. The number of amides is 2. The summed E-state index contributed by atoms with van der Waals surface area (Å²) < 4.78 is 5.31. The molecule has 8 nitrogen and oxygen atoms in total. The number of carbonyl (C=O) groups is 3. The van der Waals surface area contributed by atoms with Crippen LogP contribution in [0.15, 0.2) is 54.6 Å². The first kappa shape index (κ1) is 24.7. The molecular formula is C24H30N2O6. The molecule has 1 aliphatic rings. The zero-order valence-electron chi connectivity index (χ0n) is 18.2. The molecule has 4 N–H and O–H groups in total. The van der Waals surface area contributed by atoms with Crippen LogP contribution in [-0.2, 0) is 10.2 Å². The number of aliphatic carboxylic acids is 1. The molecular weight excluding hydrogens is 412 g/mol. The Labute approximate surface area is 187 Å². The molecule has 2 aromatic carbocycles. The van der Waals surface area contributed by atoms with Gasteiger partial charge in [0.2, 0.25) is 0 Å². The van der Waals surface area contributed by atoms with Crippen molar-refractivity contribution >= 4 is 18.0 Å². The van der Waals surface area contributed by atoms with E-state index in [2.05, 4.69) is 29.6 Å². The van der Waals surface area contributed by atoms with Gasteiger partial charge in [0.25, 0.3) is 5.91 Å². The van der Waals surface area contributed by atoms with Crippen molar-refractivity contribution in [3.05, 3.63) is 65.7 Å². The number of carboxylic acid groups (broad SMARTS) is 2. The molecule has 0 spiro atoms. The minimum absolute atomic E-state index is 0.0528. The van der Waals surface area contributed by atoms with Gasteiger partial charge >= 0.3 is 12.1 Å². The van der Waals surface area contributed by atoms with Gasteiger partial charge in [0.05, 0.1) is 12.7 Å². The van der Waals surface area contributed by atoms with Gasteiger partial charge in [0.15, 0.2) is 0 Å². The number of hydrogen-bond acceptors (Lipinski definition) is 4. The lowest BCUT2D eigenvalue weighted by Crippen LogP contribution is -2.42. The minimum atomic E-state index is -1.33. The molecule has 1 saturated carbocycles. The van der Waals surface area contributed by atoms with Gasteiger partial charge in [-0.25, -0.2) is 4.79 Å². The van der Waals surface area contributed by atoms with Crippen LogP contribution in [0.1, 0.15) is 48.0 Å². The molecule has 0 aliphatic heterocycles. The van der Waals surface area contributed by atoms with Crippen molar-refractivity contribution in [2.24, 2.45) is 0 Å². The predicted octanol–water partition coefficient (Wildman–Crippen LogP) is 3.67. The SMILES string of the molecule is COc1ccccc1C(=O)NCC1(c2ccccc2)CCCCC1.O=C(O)CNC(=O)O. The summed E-state index contributed by atoms with van der Waals surface area (Å²) in [6.07, 6.45) is 4.66. The molecule has 2 aromatic rings. The monoisotopic (exact) mass is 442 g/mol. The summed E-state index contributed by atoms with van der Waals surface area (Å²) in [6, 6.07) is 18.0. The van der Waals surface area contributed by atoms with Gasteiger partial charge in [-0.15, -0.1) is 0 Å². The van der Waals surface area contributed by atoms with Crippen molar-refractivity contribution in [1.29, 1.82) is 0 Å². The van der Waals surface area contributed by atoms with E-state index in [1.54, 1.807) is 12.4 Å². The number of benzene rings is 2. The highest BCUT2D eigenvalue weighted by molar-refractivity contribution is 5.97. The number of carboxylic acids is 1. The lowest BCUT2D eigenvalue weighted by Gasteiger charge is -2.38. The van der Waals surface area contributed by atoms with Gasteiger partial charge in [0.1, 0.15) is 12.3 Å². The van der Waals surface area contributed by atoms with Crippen LogP contribution in [0.5, 0.6) is 5.75 Å². The number of para-hydroxylation sites is 1. The van der Waals surface area contributed by atoms with Crippen LogP contribution in [0.25, 0.3) is 0 Å². The van der Waals surface area contributed by atoms with Crippen molar-refractivity contribution in [3.8, 4) is 5.75 Å². The highest BCUT2D eigenvalue weighted by Crippen LogP contribution is 2.39. The van der Waals surface area contributed by atoms with Crippen LogP contribution in [-0.4, -0.2) is 48.4 Å². The summed E-state index contributed by atoms with van der Waals surface area (Å²) in [7, 11) is 1.60. The third-order valence-electron chi connectivity index (χ3n) is 5.53. The molecule has 0 unspecified atom stereocenters. The molecule has 8 heteroatoms. The zero-order valence-corrected chi connectivity index (χ0v) is 18.2. The molecule has 0 saturated heterocycles. The molecule has 0 aromatic heterocycles. The molecule has 0 radical (unpaired) electrons. The number of hydrogen-bond donors (Lipinski definition) is 4. The Balaban J connectivity index is 0.000000390. The highest BCUT2D eigenvalue weighted by Gasteiger charge is 2.34. The zero-order chi connectivity index (χ0) is 23.4. The molecule has 0 bridgehead atoms. The maximum absolute atomic E-state index is 12.6. The standard InChI is InChI=1S/C21H25NO2.C3H5NO4/c1-24-19-13-7-6-12-18(19)20(23)22-16-21(14-8-3-9-15-21)17-10-4-2-5-11-17;5-2(6)1-4-3(7)8/h2,4-7,10-13H,3,8-9,14-16H2,1H3,(H,22,23);4H,1H2,(H,5,6)(H,7,8). The van der Waals surface area contributed by atoms with Crippen LogP contribution < -0.4 is 15.4 Å². The van der Waals surface area contributed by atoms with E-state index < -0.39 is 18.6 Å². The van der Waals surface area contributed by atoms with E-state index in [4.69, 9.17) is 14.9 Å². The Morgan fingerprint density at radius 3 is 2.09 bits per heavy atom. The van der Waals surface area contributed by atoms with Crippen molar-refractivity contribution < 1.29 is 29.3 Å². The van der Waals surface area contributed by atoms with Gasteiger partial charge in [-0.1, -0.05) is 61.7 Å². The summed E-state index contributed by atoms with van der Waals surface area (Å²) >= 11 is 0. The lowest BCUT2D eigenvalue weighted by atomic mass is 9.69. The Kier molecular flexibility index (Phi) is 9.53. The fourth-order valence-corrected chi connectivity index (χ4v) is 3.92. The number of nitrogens with one attached hydrogen (secondary N) is 2. The van der Waals surface area contributed by atoms with Crippen molar-refractivity contribution in [1.82, 2.24) is 10.6 Å². The first-order valence-corrected chi connectivity index (χ1v) is 10.5. The topological polar surface area (TPSA) is 125 Å². The molecule has 3 rings (SSSR count). The van der Waals surface area contributed by atoms with E-state index in [-0.39, 0.29) is 11.3 Å². The normalized spacial score (nSPS) is 14.3. The fourth-order valence-electron chi connectivity index (χ4n) is 3.92. The van der Waals surface area contributed by atoms with Crippen molar-refractivity contribution in [2.75, 3.05) is 20.2 Å². The highest BCUT2D eigenvalue weighted by atomic mass is 16.5. The van der Waals surface area contributed by atoms with Crippen LogP contribution in [0.2, 0.25) is 0 Å². The fraction of sp³-hybridized carbons (Fsp3) is 0.375. The smallest absolute Gasteiger partial charge is 0.405 e. The van der Waals surface area contributed by atoms with E-state index in [0.29, 0.717) is 17.9 Å². The lowest BCUT2D eigenvalue weighted by molar-refractivity contribution is -0.135. The first-order chi connectivity index (χ1) is 15.4. The van der Waals surface area contributed by atoms with E-state index in [9.17, 15) is 14.4 Å². The Hall–Kier alpha value is -3.55. The average molecular weight is 443 g/mol. The van der Waals surface area contributed by atoms with Gasteiger partial charge < -0.3 is 25.6 Å². The molecule has 0 heterocycles. The minimum Gasteiger partial charge on any atom is -0.496 e. The van der Waals surface area contributed by atoms with Crippen LogP contribution in [0.3, 0.4) is 0 Å². The number of methoxy groups -OCH3 is 1. The van der Waals surface area contributed by atoms with Crippen molar-refractivity contribution in [3.63, 3.8) is 0 Å². The number of carbonyl (C=O) groups excluding carboxylic acids is 1.